The summed E-state index contributed by atoms with van der Waals surface area (Å²) in [5.74, 6) is 1.75. The van der Waals surface area contributed by atoms with Crippen LogP contribution in [0.2, 0.25) is 0 Å². The van der Waals surface area contributed by atoms with E-state index in [0.29, 0.717) is 5.88 Å². The normalized spacial score (nSPS) is 9.69. The van der Waals surface area contributed by atoms with Gasteiger partial charge in [-0.2, -0.15) is 11.8 Å². The van der Waals surface area contributed by atoms with Crippen LogP contribution in [0, 0.1) is 0 Å². The zero-order valence-electron chi connectivity index (χ0n) is 7.91. The molecule has 0 aliphatic heterocycles. The molecule has 0 bridgehead atoms. The van der Waals surface area contributed by atoms with Crippen molar-refractivity contribution in [2.75, 3.05) is 31.0 Å². The summed E-state index contributed by atoms with van der Waals surface area (Å²) in [6, 6.07) is 3.82. The minimum Gasteiger partial charge on any atom is -0.481 e. The Morgan fingerprint density at radius 2 is 2.46 bits per heavy atom. The molecule has 72 valence electrons. The zero-order valence-corrected chi connectivity index (χ0v) is 8.73. The summed E-state index contributed by atoms with van der Waals surface area (Å²) >= 11 is 1.82. The SMILES string of the molecule is COc1cc(NCCSC)ccn1. The Labute approximate surface area is 82.9 Å². The molecule has 1 rings (SSSR count). The van der Waals surface area contributed by atoms with Gasteiger partial charge in [0, 0.05) is 30.2 Å². The molecule has 3 nitrogen and oxygen atoms in total. The van der Waals surface area contributed by atoms with Gasteiger partial charge in [-0.15, -0.1) is 0 Å². The Morgan fingerprint density at radius 1 is 1.62 bits per heavy atom. The van der Waals surface area contributed by atoms with Crippen LogP contribution in [-0.4, -0.2) is 30.6 Å². The molecule has 0 aliphatic rings. The highest BCUT2D eigenvalue weighted by atomic mass is 32.2. The van der Waals surface area contributed by atoms with Crippen LogP contribution in [0.15, 0.2) is 18.3 Å². The molecule has 13 heavy (non-hydrogen) atoms. The van der Waals surface area contributed by atoms with Crippen molar-refractivity contribution in [3.8, 4) is 5.88 Å². The molecular formula is C9H14N2OS. The molecule has 0 saturated heterocycles. The molecule has 0 radical (unpaired) electrons. The van der Waals surface area contributed by atoms with E-state index in [-0.39, 0.29) is 0 Å². The van der Waals surface area contributed by atoms with Crippen LogP contribution >= 0.6 is 11.8 Å². The van der Waals surface area contributed by atoms with Gasteiger partial charge in [0.05, 0.1) is 7.11 Å². The third-order valence-electron chi connectivity index (χ3n) is 1.58. The van der Waals surface area contributed by atoms with E-state index in [0.717, 1.165) is 18.0 Å². The Balaban J connectivity index is 2.46. The average molecular weight is 198 g/mol. The van der Waals surface area contributed by atoms with Gasteiger partial charge < -0.3 is 10.1 Å². The fourth-order valence-electron chi connectivity index (χ4n) is 0.928. The number of thioether (sulfide) groups is 1. The Hall–Kier alpha value is -0.900. The van der Waals surface area contributed by atoms with Crippen LogP contribution in [0.4, 0.5) is 5.69 Å². The molecule has 0 saturated carbocycles. The van der Waals surface area contributed by atoms with Gasteiger partial charge in [0.1, 0.15) is 0 Å². The van der Waals surface area contributed by atoms with Gasteiger partial charge in [-0.25, -0.2) is 4.98 Å². The number of nitrogens with zero attached hydrogens (tertiary/aromatic N) is 1. The van der Waals surface area contributed by atoms with Gasteiger partial charge >= 0.3 is 0 Å². The highest BCUT2D eigenvalue weighted by Crippen LogP contribution is 2.12. The van der Waals surface area contributed by atoms with Crippen molar-refractivity contribution >= 4 is 17.4 Å². The summed E-state index contributed by atoms with van der Waals surface area (Å²) in [4.78, 5) is 4.02. The second-order valence-electron chi connectivity index (χ2n) is 2.51. The highest BCUT2D eigenvalue weighted by molar-refractivity contribution is 7.98. The maximum absolute atomic E-state index is 5.00. The topological polar surface area (TPSA) is 34.1 Å². The molecule has 0 fully saturated rings. The number of methoxy groups -OCH3 is 1. The molecule has 0 atom stereocenters. The summed E-state index contributed by atoms with van der Waals surface area (Å²) in [6.07, 6.45) is 3.83. The number of hydrogen-bond acceptors (Lipinski definition) is 4. The molecule has 1 heterocycles. The Bertz CT molecular complexity index is 255. The predicted octanol–water partition coefficient (Wildman–Crippen LogP) is 1.87. The first-order valence-electron chi connectivity index (χ1n) is 4.09. The highest BCUT2D eigenvalue weighted by Gasteiger charge is 1.94. The van der Waals surface area contributed by atoms with Crippen molar-refractivity contribution in [1.29, 1.82) is 0 Å². The largest absolute Gasteiger partial charge is 0.481 e. The lowest BCUT2D eigenvalue weighted by atomic mass is 10.4. The fourth-order valence-corrected chi connectivity index (χ4v) is 1.23. The number of aromatic nitrogens is 1. The number of ether oxygens (including phenoxy) is 1. The monoisotopic (exact) mass is 198 g/mol. The minimum absolute atomic E-state index is 0.647. The van der Waals surface area contributed by atoms with Crippen LogP contribution in [0.25, 0.3) is 0 Å². The van der Waals surface area contributed by atoms with Crippen LogP contribution in [0.1, 0.15) is 0 Å². The molecule has 0 aliphatic carbocycles. The van der Waals surface area contributed by atoms with Gasteiger partial charge in [-0.1, -0.05) is 0 Å². The van der Waals surface area contributed by atoms with Crippen molar-refractivity contribution in [3.05, 3.63) is 18.3 Å². The first-order valence-corrected chi connectivity index (χ1v) is 5.49. The fraction of sp³-hybridized carbons (Fsp3) is 0.444. The number of anilines is 1. The lowest BCUT2D eigenvalue weighted by Gasteiger charge is -2.05. The smallest absolute Gasteiger partial charge is 0.214 e. The maximum Gasteiger partial charge on any atom is 0.214 e. The minimum atomic E-state index is 0.647. The maximum atomic E-state index is 5.00. The predicted molar refractivity (Wildman–Crippen MR) is 57.7 cm³/mol. The summed E-state index contributed by atoms with van der Waals surface area (Å²) in [6.45, 7) is 0.967. The van der Waals surface area contributed by atoms with Crippen molar-refractivity contribution < 1.29 is 4.74 Å². The van der Waals surface area contributed by atoms with Gasteiger partial charge in [-0.3, -0.25) is 0 Å². The number of hydrogen-bond donors (Lipinski definition) is 1. The molecule has 0 aromatic carbocycles. The van der Waals surface area contributed by atoms with E-state index < -0.39 is 0 Å². The molecule has 1 N–H and O–H groups in total. The van der Waals surface area contributed by atoms with Gasteiger partial charge in [0.2, 0.25) is 5.88 Å². The van der Waals surface area contributed by atoms with E-state index in [2.05, 4.69) is 16.6 Å². The standard InChI is InChI=1S/C9H14N2OS/c1-12-9-7-8(3-4-11-9)10-5-6-13-2/h3-4,7H,5-6H2,1-2H3,(H,10,11). The Kier molecular flexibility index (Phi) is 4.46. The summed E-state index contributed by atoms with van der Waals surface area (Å²) < 4.78 is 5.00. The molecule has 1 aromatic heterocycles. The zero-order chi connectivity index (χ0) is 9.52. The molecular weight excluding hydrogens is 184 g/mol. The lowest BCUT2D eigenvalue weighted by Crippen LogP contribution is -2.03. The van der Waals surface area contributed by atoms with Gasteiger partial charge in [0.25, 0.3) is 0 Å². The molecule has 0 spiro atoms. The van der Waals surface area contributed by atoms with Gasteiger partial charge in [-0.05, 0) is 12.3 Å². The van der Waals surface area contributed by atoms with Crippen LogP contribution < -0.4 is 10.1 Å². The molecule has 1 aromatic rings. The third kappa shape index (κ3) is 3.55. The number of pyridine rings is 1. The van der Waals surface area contributed by atoms with E-state index in [9.17, 15) is 0 Å². The van der Waals surface area contributed by atoms with E-state index in [1.807, 2.05) is 23.9 Å². The number of nitrogens with one attached hydrogen (secondary N) is 1. The third-order valence-corrected chi connectivity index (χ3v) is 2.19. The van der Waals surface area contributed by atoms with Crippen molar-refractivity contribution in [3.63, 3.8) is 0 Å². The van der Waals surface area contributed by atoms with E-state index in [1.165, 1.54) is 0 Å². The first-order chi connectivity index (χ1) is 6.36. The number of rotatable bonds is 5. The van der Waals surface area contributed by atoms with Crippen LogP contribution in [0.3, 0.4) is 0 Å². The summed E-state index contributed by atoms with van der Waals surface area (Å²) in [5, 5.41) is 3.28. The van der Waals surface area contributed by atoms with Crippen LogP contribution in [-0.2, 0) is 0 Å². The van der Waals surface area contributed by atoms with Gasteiger partial charge in [0.15, 0.2) is 0 Å². The van der Waals surface area contributed by atoms with Crippen LogP contribution in [0.5, 0.6) is 5.88 Å². The average Bonchev–Trinajstić information content (AvgIpc) is 2.19. The second-order valence-corrected chi connectivity index (χ2v) is 3.49. The lowest BCUT2D eigenvalue weighted by molar-refractivity contribution is 0.398. The molecule has 0 unspecified atom stereocenters. The quantitative estimate of drug-likeness (QED) is 0.732. The first kappa shape index (κ1) is 10.2. The van der Waals surface area contributed by atoms with Crippen molar-refractivity contribution in [2.24, 2.45) is 0 Å². The Morgan fingerprint density at radius 3 is 3.15 bits per heavy atom. The van der Waals surface area contributed by atoms with Crippen molar-refractivity contribution in [2.45, 2.75) is 0 Å². The summed E-state index contributed by atoms with van der Waals surface area (Å²) in [5.41, 5.74) is 1.06. The second kappa shape index (κ2) is 5.70. The molecule has 0 amide bonds. The molecule has 4 heteroatoms. The summed E-state index contributed by atoms with van der Waals surface area (Å²) in [7, 11) is 1.62. The van der Waals surface area contributed by atoms with E-state index >= 15 is 0 Å². The van der Waals surface area contributed by atoms with Crippen molar-refractivity contribution in [1.82, 2.24) is 4.98 Å². The van der Waals surface area contributed by atoms with E-state index in [1.54, 1.807) is 13.3 Å². The van der Waals surface area contributed by atoms with E-state index in [4.69, 9.17) is 4.74 Å².